The molecule has 0 aliphatic carbocycles. The van der Waals surface area contributed by atoms with Crippen LogP contribution in [0, 0.1) is 0 Å². The van der Waals surface area contributed by atoms with E-state index in [0.29, 0.717) is 31.7 Å². The van der Waals surface area contributed by atoms with Crippen LogP contribution in [0.2, 0.25) is 0 Å². The van der Waals surface area contributed by atoms with Gasteiger partial charge in [-0.2, -0.15) is 0 Å². The first-order valence-corrected chi connectivity index (χ1v) is 8.48. The summed E-state index contributed by atoms with van der Waals surface area (Å²) in [6.45, 7) is 3.76. The highest BCUT2D eigenvalue weighted by molar-refractivity contribution is 5.95. The fourth-order valence-electron chi connectivity index (χ4n) is 2.87. The number of amides is 2. The molecule has 2 amide bonds. The second-order valence-corrected chi connectivity index (χ2v) is 6.11. The smallest absolute Gasteiger partial charge is 0.255 e. The number of aromatic nitrogens is 1. The maximum atomic E-state index is 12.7. The number of rotatable bonds is 4. The van der Waals surface area contributed by atoms with E-state index < -0.39 is 0 Å². The van der Waals surface area contributed by atoms with Gasteiger partial charge in [-0.25, -0.2) is 0 Å². The number of anilines is 2. The van der Waals surface area contributed by atoms with E-state index in [2.05, 4.69) is 10.3 Å². The van der Waals surface area contributed by atoms with Crippen LogP contribution in [0.4, 0.5) is 11.4 Å². The van der Waals surface area contributed by atoms with E-state index in [-0.39, 0.29) is 11.8 Å². The molecule has 136 valence electrons. The van der Waals surface area contributed by atoms with Gasteiger partial charge in [0.25, 0.3) is 5.91 Å². The van der Waals surface area contributed by atoms with Crippen LogP contribution in [0.15, 0.2) is 42.7 Å². The zero-order valence-corrected chi connectivity index (χ0v) is 14.9. The number of methoxy groups -OCH3 is 1. The quantitative estimate of drug-likeness (QED) is 0.910. The second-order valence-electron chi connectivity index (χ2n) is 6.11. The van der Waals surface area contributed by atoms with Crippen molar-refractivity contribution in [1.82, 2.24) is 14.8 Å². The molecule has 1 saturated heterocycles. The Morgan fingerprint density at radius 3 is 2.27 bits per heavy atom. The van der Waals surface area contributed by atoms with E-state index >= 15 is 0 Å². The van der Waals surface area contributed by atoms with Gasteiger partial charge in [0.1, 0.15) is 5.75 Å². The van der Waals surface area contributed by atoms with Gasteiger partial charge in [0.15, 0.2) is 0 Å². The Morgan fingerprint density at radius 2 is 1.65 bits per heavy atom. The lowest BCUT2D eigenvalue weighted by Crippen LogP contribution is -2.50. The number of nitrogens with one attached hydrogen (secondary N) is 1. The molecule has 0 radical (unpaired) electrons. The first kappa shape index (κ1) is 17.7. The van der Waals surface area contributed by atoms with Gasteiger partial charge in [-0.1, -0.05) is 0 Å². The second kappa shape index (κ2) is 7.86. The third-order valence-electron chi connectivity index (χ3n) is 4.38. The van der Waals surface area contributed by atoms with Crippen molar-refractivity contribution in [2.24, 2.45) is 0 Å². The lowest BCUT2D eigenvalue weighted by molar-refractivity contribution is -0.130. The molecular weight excluding hydrogens is 332 g/mol. The molecule has 1 fully saturated rings. The average Bonchev–Trinajstić information content (AvgIpc) is 2.68. The van der Waals surface area contributed by atoms with Crippen LogP contribution in [-0.4, -0.2) is 59.9 Å². The van der Waals surface area contributed by atoms with Crippen molar-refractivity contribution < 1.29 is 14.3 Å². The summed E-state index contributed by atoms with van der Waals surface area (Å²) in [5, 5.41) is 3.23. The molecule has 0 saturated carbocycles. The Balaban J connectivity index is 1.66. The van der Waals surface area contributed by atoms with Crippen LogP contribution in [0.3, 0.4) is 0 Å². The fraction of sp³-hybridized carbons (Fsp3) is 0.316. The van der Waals surface area contributed by atoms with Gasteiger partial charge in [-0.3, -0.25) is 14.6 Å². The molecule has 0 unspecified atom stereocenters. The molecule has 26 heavy (non-hydrogen) atoms. The maximum absolute atomic E-state index is 12.7. The zero-order valence-electron chi connectivity index (χ0n) is 14.9. The van der Waals surface area contributed by atoms with Crippen molar-refractivity contribution in [2.45, 2.75) is 6.92 Å². The first-order chi connectivity index (χ1) is 12.6. The Labute approximate surface area is 152 Å². The minimum absolute atomic E-state index is 0.0458. The van der Waals surface area contributed by atoms with Crippen molar-refractivity contribution in [3.8, 4) is 5.75 Å². The summed E-state index contributed by atoms with van der Waals surface area (Å²) >= 11 is 0. The fourth-order valence-corrected chi connectivity index (χ4v) is 2.87. The van der Waals surface area contributed by atoms with Crippen molar-refractivity contribution in [2.75, 3.05) is 38.6 Å². The number of ether oxygens (including phenoxy) is 1. The molecule has 7 heteroatoms. The molecule has 3 rings (SSSR count). The van der Waals surface area contributed by atoms with Gasteiger partial charge < -0.3 is 19.9 Å². The van der Waals surface area contributed by atoms with Crippen LogP contribution in [0.25, 0.3) is 0 Å². The van der Waals surface area contributed by atoms with Crippen molar-refractivity contribution in [3.63, 3.8) is 0 Å². The number of carbonyl (C=O) groups excluding carboxylic acids is 2. The molecular formula is C19H22N4O3. The molecule has 1 aromatic heterocycles. The SMILES string of the molecule is COc1ccc(Nc2cncc(C(=O)N3CCN(C(C)=O)CC3)c2)cc1. The number of piperazine rings is 1. The van der Waals surface area contributed by atoms with Crippen LogP contribution >= 0.6 is 0 Å². The number of hydrogen-bond donors (Lipinski definition) is 1. The van der Waals surface area contributed by atoms with Crippen LogP contribution in [0.5, 0.6) is 5.75 Å². The highest BCUT2D eigenvalue weighted by Gasteiger charge is 2.23. The molecule has 0 atom stereocenters. The number of benzene rings is 1. The third-order valence-corrected chi connectivity index (χ3v) is 4.38. The van der Waals surface area contributed by atoms with Crippen molar-refractivity contribution >= 4 is 23.2 Å². The normalized spacial score (nSPS) is 14.1. The standard InChI is InChI=1S/C19H22N4O3/c1-14(24)22-7-9-23(10-8-22)19(25)15-11-17(13-20-12-15)21-16-3-5-18(26-2)6-4-16/h3-6,11-13,21H,7-10H2,1-2H3. The summed E-state index contributed by atoms with van der Waals surface area (Å²) in [5.41, 5.74) is 2.15. The number of nitrogens with zero attached hydrogens (tertiary/aromatic N) is 3. The van der Waals surface area contributed by atoms with Crippen molar-refractivity contribution in [1.29, 1.82) is 0 Å². The summed E-state index contributed by atoms with van der Waals surface area (Å²) in [7, 11) is 1.62. The summed E-state index contributed by atoms with van der Waals surface area (Å²) < 4.78 is 5.14. The number of hydrogen-bond acceptors (Lipinski definition) is 5. The topological polar surface area (TPSA) is 74.8 Å². The average molecular weight is 354 g/mol. The summed E-state index contributed by atoms with van der Waals surface area (Å²) in [6, 6.07) is 9.30. The Kier molecular flexibility index (Phi) is 5.36. The van der Waals surface area contributed by atoms with Crippen molar-refractivity contribution in [3.05, 3.63) is 48.3 Å². The van der Waals surface area contributed by atoms with Gasteiger partial charge in [0, 0.05) is 45.0 Å². The minimum Gasteiger partial charge on any atom is -0.497 e. The summed E-state index contributed by atoms with van der Waals surface area (Å²) in [6.07, 6.45) is 3.24. The molecule has 1 aliphatic rings. The molecule has 0 spiro atoms. The molecule has 1 N–H and O–H groups in total. The molecule has 2 heterocycles. The van der Waals surface area contributed by atoms with Gasteiger partial charge in [-0.15, -0.1) is 0 Å². The first-order valence-electron chi connectivity index (χ1n) is 8.48. The Hall–Kier alpha value is -3.09. The van der Waals surface area contributed by atoms with Gasteiger partial charge >= 0.3 is 0 Å². The van der Waals surface area contributed by atoms with E-state index in [1.807, 2.05) is 24.3 Å². The van der Waals surface area contributed by atoms with Gasteiger partial charge in [-0.05, 0) is 30.3 Å². The lowest BCUT2D eigenvalue weighted by atomic mass is 10.2. The highest BCUT2D eigenvalue weighted by Crippen LogP contribution is 2.20. The predicted octanol–water partition coefficient (Wildman–Crippen LogP) is 2.14. The predicted molar refractivity (Wildman–Crippen MR) is 98.7 cm³/mol. The monoisotopic (exact) mass is 354 g/mol. The van der Waals surface area contributed by atoms with Crippen LogP contribution in [-0.2, 0) is 4.79 Å². The third kappa shape index (κ3) is 4.11. The summed E-state index contributed by atoms with van der Waals surface area (Å²) in [4.78, 5) is 31.8. The number of pyridine rings is 1. The van der Waals surface area contributed by atoms with E-state index in [1.54, 1.807) is 42.3 Å². The zero-order chi connectivity index (χ0) is 18.5. The van der Waals surface area contributed by atoms with Gasteiger partial charge in [0.2, 0.25) is 5.91 Å². The maximum Gasteiger partial charge on any atom is 0.255 e. The minimum atomic E-state index is -0.0703. The summed E-state index contributed by atoms with van der Waals surface area (Å²) in [5.74, 6) is 0.755. The molecule has 1 aromatic carbocycles. The van der Waals surface area contributed by atoms with Crippen LogP contribution < -0.4 is 10.1 Å². The van der Waals surface area contributed by atoms with E-state index in [4.69, 9.17) is 4.74 Å². The Morgan fingerprint density at radius 1 is 1.00 bits per heavy atom. The highest BCUT2D eigenvalue weighted by atomic mass is 16.5. The number of carbonyl (C=O) groups is 2. The largest absolute Gasteiger partial charge is 0.497 e. The molecule has 0 bridgehead atoms. The van der Waals surface area contributed by atoms with E-state index in [1.165, 1.54) is 0 Å². The molecule has 1 aliphatic heterocycles. The van der Waals surface area contributed by atoms with E-state index in [9.17, 15) is 9.59 Å². The molecule has 2 aromatic rings. The van der Waals surface area contributed by atoms with Crippen LogP contribution in [0.1, 0.15) is 17.3 Å². The molecule has 7 nitrogen and oxygen atoms in total. The lowest BCUT2D eigenvalue weighted by Gasteiger charge is -2.34. The van der Waals surface area contributed by atoms with E-state index in [0.717, 1.165) is 17.1 Å². The Bertz CT molecular complexity index is 784. The van der Waals surface area contributed by atoms with Gasteiger partial charge in [0.05, 0.1) is 24.6 Å².